The number of nitrogens with one attached hydrogen (secondary N) is 2. The maximum Gasteiger partial charge on any atom is 0.251 e. The quantitative estimate of drug-likeness (QED) is 0.264. The molecule has 3 aromatic rings. The van der Waals surface area contributed by atoms with E-state index < -0.39 is 0 Å². The number of nitrogens with two attached hydrogens (primary N) is 1. The largest absolute Gasteiger partial charge is 0.398 e. The van der Waals surface area contributed by atoms with E-state index in [1.807, 2.05) is 36.4 Å². The van der Waals surface area contributed by atoms with Crippen molar-refractivity contribution in [3.05, 3.63) is 94.0 Å². The second kappa shape index (κ2) is 11.6. The maximum absolute atomic E-state index is 13.4. The summed E-state index contributed by atoms with van der Waals surface area (Å²) in [6, 6.07) is 21.4. The van der Waals surface area contributed by atoms with Gasteiger partial charge < -0.3 is 20.7 Å². The summed E-state index contributed by atoms with van der Waals surface area (Å²) in [5.74, 6) is 0.179. The van der Waals surface area contributed by atoms with Crippen LogP contribution in [0.4, 0.5) is 11.4 Å². The zero-order valence-electron chi connectivity index (χ0n) is 22.6. The predicted molar refractivity (Wildman–Crippen MR) is 161 cm³/mol. The number of carbonyl (C=O) groups excluding carboxylic acids is 1. The number of nitrogens with zero attached hydrogens (tertiary/aromatic N) is 2. The van der Waals surface area contributed by atoms with Gasteiger partial charge in [0.2, 0.25) is 0 Å². The van der Waals surface area contributed by atoms with Gasteiger partial charge >= 0.3 is 0 Å². The third kappa shape index (κ3) is 5.46. The van der Waals surface area contributed by atoms with Gasteiger partial charge in [-0.25, -0.2) is 0 Å². The second-order valence-electron chi connectivity index (χ2n) is 11.1. The molecule has 2 heterocycles. The van der Waals surface area contributed by atoms with Crippen LogP contribution in [0.5, 0.6) is 0 Å². The van der Waals surface area contributed by atoms with E-state index in [0.29, 0.717) is 39.5 Å². The summed E-state index contributed by atoms with van der Waals surface area (Å²) in [6.07, 6.45) is 3.29. The zero-order chi connectivity index (χ0) is 27.6. The highest BCUT2D eigenvalue weighted by Gasteiger charge is 2.32. The molecule has 3 aliphatic rings. The molecule has 2 aliphatic heterocycles. The van der Waals surface area contributed by atoms with Crippen LogP contribution in [0.2, 0.25) is 5.02 Å². The van der Waals surface area contributed by atoms with Crippen LogP contribution in [0, 0.1) is 11.3 Å². The Kier molecular flexibility index (Phi) is 7.78. The molecule has 3 fully saturated rings. The third-order valence-corrected chi connectivity index (χ3v) is 9.05. The van der Waals surface area contributed by atoms with Crippen LogP contribution < -0.4 is 16.0 Å². The third-order valence-electron chi connectivity index (χ3n) is 8.71. The highest BCUT2D eigenvalue weighted by atomic mass is 35.5. The molecule has 1 aliphatic carbocycles. The van der Waals surface area contributed by atoms with E-state index in [1.54, 1.807) is 18.2 Å². The molecule has 7 nitrogen and oxygen atoms in total. The Hall–Kier alpha value is -3.39. The van der Waals surface area contributed by atoms with Crippen LogP contribution in [0.15, 0.2) is 66.7 Å². The fourth-order valence-corrected chi connectivity index (χ4v) is 6.12. The molecular weight excluding hydrogens is 522 g/mol. The van der Waals surface area contributed by atoms with Crippen molar-refractivity contribution in [2.45, 2.75) is 31.3 Å². The number of hydrogen-bond donors (Lipinski definition) is 3. The maximum atomic E-state index is 13.4. The summed E-state index contributed by atoms with van der Waals surface area (Å²) in [4.78, 5) is 18.3. The lowest BCUT2D eigenvalue weighted by Gasteiger charge is -2.43. The van der Waals surface area contributed by atoms with E-state index in [2.05, 4.69) is 27.2 Å². The number of anilines is 2. The lowest BCUT2D eigenvalue weighted by Crippen LogP contribution is -2.56. The Morgan fingerprint density at radius 2 is 1.68 bits per heavy atom. The Morgan fingerprint density at radius 3 is 2.30 bits per heavy atom. The number of nitrogen functional groups attached to an aromatic ring is 1. The minimum atomic E-state index is -0.186. The number of rotatable bonds is 8. The average molecular weight is 558 g/mol. The monoisotopic (exact) mass is 557 g/mol. The molecule has 6 rings (SSSR count). The van der Waals surface area contributed by atoms with E-state index >= 15 is 0 Å². The Balaban J connectivity index is 1.15. The summed E-state index contributed by atoms with van der Waals surface area (Å²) < 4.78 is 5.34. The SMILES string of the molecule is N=C(c1ccc(N2CCN(C3COC3)CC2)cc1)c1cc(C(=O)NC(c2ccccc2Cl)C2CCC2)ccc1N. The first-order chi connectivity index (χ1) is 19.5. The molecule has 40 heavy (non-hydrogen) atoms. The standard InChI is InChI=1S/C32H36ClN5O2/c33-28-7-2-1-6-26(28)31(22-4-3-5-22)36-32(39)23-10-13-29(34)27(18-23)30(35)21-8-11-24(12-9-21)37-14-16-38(17-15-37)25-19-40-20-25/h1-2,6-13,18,22,25,31,35H,3-5,14-17,19-20,34H2,(H,36,39). The van der Waals surface area contributed by atoms with E-state index in [1.165, 1.54) is 0 Å². The molecule has 8 heteroatoms. The van der Waals surface area contributed by atoms with Gasteiger partial charge in [0.1, 0.15) is 0 Å². The van der Waals surface area contributed by atoms with Crippen LogP contribution in [0.25, 0.3) is 0 Å². The number of amides is 1. The molecule has 1 atom stereocenters. The first-order valence-corrected chi connectivity index (χ1v) is 14.6. The van der Waals surface area contributed by atoms with E-state index in [4.69, 9.17) is 27.5 Å². The molecule has 4 N–H and O–H groups in total. The van der Waals surface area contributed by atoms with Crippen LogP contribution in [-0.4, -0.2) is 62.0 Å². The minimum Gasteiger partial charge on any atom is -0.398 e. The van der Waals surface area contributed by atoms with Gasteiger partial charge in [0.05, 0.1) is 31.0 Å². The normalized spacial score (nSPS) is 19.0. The van der Waals surface area contributed by atoms with Crippen molar-refractivity contribution in [3.63, 3.8) is 0 Å². The Bertz CT molecular complexity index is 1380. The fourth-order valence-electron chi connectivity index (χ4n) is 5.86. The van der Waals surface area contributed by atoms with Gasteiger partial charge in [0.15, 0.2) is 0 Å². The lowest BCUT2D eigenvalue weighted by atomic mass is 9.77. The van der Waals surface area contributed by atoms with Gasteiger partial charge in [-0.15, -0.1) is 0 Å². The smallest absolute Gasteiger partial charge is 0.251 e. The van der Waals surface area contributed by atoms with Crippen molar-refractivity contribution in [2.24, 2.45) is 5.92 Å². The fraction of sp³-hybridized carbons (Fsp3) is 0.375. The molecule has 0 aromatic heterocycles. The van der Waals surface area contributed by atoms with Crippen LogP contribution in [0.1, 0.15) is 52.4 Å². The average Bonchev–Trinajstić information content (AvgIpc) is 2.91. The molecule has 0 spiro atoms. The Labute approximate surface area is 240 Å². The molecule has 1 amide bonds. The summed E-state index contributed by atoms with van der Waals surface area (Å²) in [7, 11) is 0. The highest BCUT2D eigenvalue weighted by molar-refractivity contribution is 6.31. The Morgan fingerprint density at radius 1 is 0.975 bits per heavy atom. The van der Waals surface area contributed by atoms with Crippen LogP contribution >= 0.6 is 11.6 Å². The number of benzene rings is 3. The van der Waals surface area contributed by atoms with Crippen molar-refractivity contribution in [1.82, 2.24) is 10.2 Å². The summed E-state index contributed by atoms with van der Waals surface area (Å²) in [5, 5.41) is 12.8. The minimum absolute atomic E-state index is 0.146. The van der Waals surface area contributed by atoms with E-state index in [-0.39, 0.29) is 11.9 Å². The molecule has 1 saturated carbocycles. The van der Waals surface area contributed by atoms with Gasteiger partial charge in [-0.1, -0.05) is 48.4 Å². The number of piperazine rings is 1. The van der Waals surface area contributed by atoms with Crippen molar-refractivity contribution in [3.8, 4) is 0 Å². The molecule has 0 bridgehead atoms. The summed E-state index contributed by atoms with van der Waals surface area (Å²) >= 11 is 6.51. The summed E-state index contributed by atoms with van der Waals surface area (Å²) in [5.41, 5.74) is 11.0. The molecular formula is C32H36ClN5O2. The topological polar surface area (TPSA) is 94.7 Å². The first kappa shape index (κ1) is 26.8. The van der Waals surface area contributed by atoms with Crippen LogP contribution in [-0.2, 0) is 4.74 Å². The lowest BCUT2D eigenvalue weighted by molar-refractivity contribution is -0.0660. The number of carbonyl (C=O) groups is 1. The van der Waals surface area contributed by atoms with Gasteiger partial charge in [0.25, 0.3) is 5.91 Å². The molecule has 208 valence electrons. The van der Waals surface area contributed by atoms with Gasteiger partial charge in [-0.3, -0.25) is 15.1 Å². The van der Waals surface area contributed by atoms with Gasteiger partial charge in [-0.2, -0.15) is 0 Å². The van der Waals surface area contributed by atoms with Crippen molar-refractivity contribution in [1.29, 1.82) is 5.41 Å². The molecule has 0 radical (unpaired) electrons. The molecule has 2 saturated heterocycles. The zero-order valence-corrected chi connectivity index (χ0v) is 23.4. The van der Waals surface area contributed by atoms with Crippen LogP contribution in [0.3, 0.4) is 0 Å². The molecule has 1 unspecified atom stereocenters. The number of halogens is 1. The number of hydrogen-bond acceptors (Lipinski definition) is 6. The highest BCUT2D eigenvalue weighted by Crippen LogP contribution is 2.40. The van der Waals surface area contributed by atoms with E-state index in [9.17, 15) is 4.79 Å². The number of ether oxygens (including phenoxy) is 1. The predicted octanol–water partition coefficient (Wildman–Crippen LogP) is 5.13. The second-order valence-corrected chi connectivity index (χ2v) is 11.5. The van der Waals surface area contributed by atoms with Gasteiger partial charge in [-0.05, 0) is 60.7 Å². The van der Waals surface area contributed by atoms with Crippen molar-refractivity contribution < 1.29 is 9.53 Å². The van der Waals surface area contributed by atoms with E-state index in [0.717, 1.165) is 75.5 Å². The van der Waals surface area contributed by atoms with Crippen molar-refractivity contribution >= 4 is 34.6 Å². The van der Waals surface area contributed by atoms with Crippen molar-refractivity contribution in [2.75, 3.05) is 50.0 Å². The molecule has 3 aromatic carbocycles. The first-order valence-electron chi connectivity index (χ1n) is 14.2. The van der Waals surface area contributed by atoms with Gasteiger partial charge in [0, 0.05) is 59.3 Å². The summed E-state index contributed by atoms with van der Waals surface area (Å²) in [6.45, 7) is 5.74.